The summed E-state index contributed by atoms with van der Waals surface area (Å²) in [7, 11) is 0. The normalized spacial score (nSPS) is 14.3. The molecule has 0 spiro atoms. The second-order valence-electron chi connectivity index (χ2n) is 4.82. The summed E-state index contributed by atoms with van der Waals surface area (Å²) in [6.07, 6.45) is -8.38. The van der Waals surface area contributed by atoms with Gasteiger partial charge in [-0.05, 0) is 37.1 Å². The van der Waals surface area contributed by atoms with Crippen molar-refractivity contribution in [3.63, 3.8) is 0 Å². The van der Waals surface area contributed by atoms with Gasteiger partial charge in [-0.3, -0.25) is 0 Å². The van der Waals surface area contributed by atoms with Crippen molar-refractivity contribution in [2.75, 3.05) is 0 Å². The Morgan fingerprint density at radius 2 is 1.43 bits per heavy atom. The molecule has 1 atom stereocenters. The average molecular weight is 314 g/mol. The van der Waals surface area contributed by atoms with Crippen molar-refractivity contribution in [1.82, 2.24) is 0 Å². The fourth-order valence-corrected chi connectivity index (χ4v) is 1.83. The van der Waals surface area contributed by atoms with E-state index in [4.69, 9.17) is 4.74 Å². The van der Waals surface area contributed by atoms with Gasteiger partial charge in [0.1, 0.15) is 0 Å². The standard InChI is InChI=1S/C14H16F6O/c1-3-4-9(2)21-8-10-5-11(13(15,16)17)7-12(6-10)14(18,19)20/h5-7,9H,3-4,8H2,1-2H3. The number of ether oxygens (including phenoxy) is 1. The molecule has 0 aliphatic heterocycles. The highest BCUT2D eigenvalue weighted by Gasteiger charge is 2.36. The number of hydrogen-bond donors (Lipinski definition) is 0. The van der Waals surface area contributed by atoms with Gasteiger partial charge in [0.15, 0.2) is 0 Å². The molecule has 0 amide bonds. The third-order valence-corrected chi connectivity index (χ3v) is 2.88. The van der Waals surface area contributed by atoms with Crippen LogP contribution in [0.5, 0.6) is 0 Å². The van der Waals surface area contributed by atoms with Crippen LogP contribution in [0.25, 0.3) is 0 Å². The maximum absolute atomic E-state index is 12.6. The van der Waals surface area contributed by atoms with E-state index < -0.39 is 23.5 Å². The molecule has 1 aromatic rings. The van der Waals surface area contributed by atoms with Gasteiger partial charge in [-0.1, -0.05) is 13.3 Å². The van der Waals surface area contributed by atoms with Crippen molar-refractivity contribution < 1.29 is 31.1 Å². The fraction of sp³-hybridized carbons (Fsp3) is 0.571. The second-order valence-corrected chi connectivity index (χ2v) is 4.82. The molecular weight excluding hydrogens is 298 g/mol. The minimum absolute atomic E-state index is 0.110. The predicted molar refractivity (Wildman–Crippen MR) is 65.6 cm³/mol. The largest absolute Gasteiger partial charge is 0.416 e. The van der Waals surface area contributed by atoms with E-state index in [-0.39, 0.29) is 24.3 Å². The fourth-order valence-electron chi connectivity index (χ4n) is 1.83. The Hall–Kier alpha value is -1.24. The molecular formula is C14H16F6O. The number of benzene rings is 1. The van der Waals surface area contributed by atoms with Gasteiger partial charge in [0.25, 0.3) is 0 Å². The SMILES string of the molecule is CCCC(C)OCc1cc(C(F)(F)F)cc(C(F)(F)F)c1. The third kappa shape index (κ3) is 5.57. The molecule has 0 radical (unpaired) electrons. The van der Waals surface area contributed by atoms with Crippen molar-refractivity contribution in [2.24, 2.45) is 0 Å². The molecule has 0 saturated heterocycles. The van der Waals surface area contributed by atoms with E-state index in [1.165, 1.54) is 0 Å². The zero-order valence-electron chi connectivity index (χ0n) is 11.6. The van der Waals surface area contributed by atoms with Crippen molar-refractivity contribution in [2.45, 2.75) is 51.8 Å². The van der Waals surface area contributed by atoms with Gasteiger partial charge >= 0.3 is 12.4 Å². The van der Waals surface area contributed by atoms with Crippen LogP contribution < -0.4 is 0 Å². The summed E-state index contributed by atoms with van der Waals surface area (Å²) in [5.74, 6) is 0. The molecule has 1 unspecified atom stereocenters. The number of rotatable bonds is 5. The molecule has 0 aliphatic rings. The smallest absolute Gasteiger partial charge is 0.374 e. The van der Waals surface area contributed by atoms with Crippen LogP contribution in [0.2, 0.25) is 0 Å². The zero-order valence-corrected chi connectivity index (χ0v) is 11.6. The van der Waals surface area contributed by atoms with Crippen molar-refractivity contribution in [3.05, 3.63) is 34.9 Å². The Kier molecular flexibility index (Phi) is 5.67. The molecule has 7 heteroatoms. The molecule has 21 heavy (non-hydrogen) atoms. The van der Waals surface area contributed by atoms with Gasteiger partial charge < -0.3 is 4.74 Å². The van der Waals surface area contributed by atoms with E-state index in [9.17, 15) is 26.3 Å². The Bertz CT molecular complexity index is 431. The number of halogens is 6. The average Bonchev–Trinajstić information content (AvgIpc) is 2.34. The molecule has 120 valence electrons. The first-order valence-electron chi connectivity index (χ1n) is 6.44. The zero-order chi connectivity index (χ0) is 16.3. The summed E-state index contributed by atoms with van der Waals surface area (Å²) in [4.78, 5) is 0. The van der Waals surface area contributed by atoms with Crippen LogP contribution in [0.3, 0.4) is 0 Å². The van der Waals surface area contributed by atoms with E-state index in [0.717, 1.165) is 6.42 Å². The van der Waals surface area contributed by atoms with E-state index in [1.807, 2.05) is 6.92 Å². The topological polar surface area (TPSA) is 9.23 Å². The molecule has 1 rings (SSSR count). The Balaban J connectivity index is 3.03. The van der Waals surface area contributed by atoms with Gasteiger partial charge in [0, 0.05) is 0 Å². The van der Waals surface area contributed by atoms with Crippen molar-refractivity contribution in [1.29, 1.82) is 0 Å². The maximum Gasteiger partial charge on any atom is 0.416 e. The Labute approximate surface area is 118 Å². The molecule has 0 fully saturated rings. The van der Waals surface area contributed by atoms with E-state index in [1.54, 1.807) is 6.92 Å². The lowest BCUT2D eigenvalue weighted by molar-refractivity contribution is -0.143. The van der Waals surface area contributed by atoms with Gasteiger partial charge in [-0.15, -0.1) is 0 Å². The third-order valence-electron chi connectivity index (χ3n) is 2.88. The minimum Gasteiger partial charge on any atom is -0.374 e. The molecule has 0 aromatic heterocycles. The molecule has 1 nitrogen and oxygen atoms in total. The van der Waals surface area contributed by atoms with Crippen LogP contribution in [-0.4, -0.2) is 6.10 Å². The molecule has 1 aromatic carbocycles. The van der Waals surface area contributed by atoms with Crippen LogP contribution in [0.15, 0.2) is 18.2 Å². The molecule has 0 bridgehead atoms. The maximum atomic E-state index is 12.6. The molecule has 0 N–H and O–H groups in total. The van der Waals surface area contributed by atoms with Crippen LogP contribution in [0.1, 0.15) is 43.4 Å². The van der Waals surface area contributed by atoms with Crippen molar-refractivity contribution >= 4 is 0 Å². The van der Waals surface area contributed by atoms with Crippen molar-refractivity contribution in [3.8, 4) is 0 Å². The quantitative estimate of drug-likeness (QED) is 0.659. The van der Waals surface area contributed by atoms with Gasteiger partial charge in [0.05, 0.1) is 23.8 Å². The molecule has 0 heterocycles. The highest BCUT2D eigenvalue weighted by atomic mass is 19.4. The first-order chi connectivity index (χ1) is 9.54. The second kappa shape index (κ2) is 6.68. The summed E-state index contributed by atoms with van der Waals surface area (Å²) in [6.45, 7) is 3.35. The summed E-state index contributed by atoms with van der Waals surface area (Å²) in [5.41, 5.74) is -2.78. The Morgan fingerprint density at radius 3 is 1.81 bits per heavy atom. The summed E-state index contributed by atoms with van der Waals surface area (Å²) >= 11 is 0. The van der Waals surface area contributed by atoms with E-state index in [2.05, 4.69) is 0 Å². The van der Waals surface area contributed by atoms with E-state index >= 15 is 0 Å². The van der Waals surface area contributed by atoms with Gasteiger partial charge in [-0.2, -0.15) is 26.3 Å². The van der Waals surface area contributed by atoms with Crippen LogP contribution in [0, 0.1) is 0 Å². The first kappa shape index (κ1) is 17.8. The van der Waals surface area contributed by atoms with E-state index in [0.29, 0.717) is 18.6 Å². The highest BCUT2D eigenvalue weighted by molar-refractivity contribution is 5.33. The first-order valence-corrected chi connectivity index (χ1v) is 6.44. The summed E-state index contributed by atoms with van der Waals surface area (Å²) < 4.78 is 81.2. The minimum atomic E-state index is -4.83. The summed E-state index contributed by atoms with van der Waals surface area (Å²) in [5, 5.41) is 0. The molecule has 0 aliphatic carbocycles. The number of alkyl halides is 6. The van der Waals surface area contributed by atoms with Crippen LogP contribution in [0.4, 0.5) is 26.3 Å². The highest BCUT2D eigenvalue weighted by Crippen LogP contribution is 2.36. The number of hydrogen-bond acceptors (Lipinski definition) is 1. The lowest BCUT2D eigenvalue weighted by Gasteiger charge is -2.16. The monoisotopic (exact) mass is 314 g/mol. The Morgan fingerprint density at radius 1 is 0.952 bits per heavy atom. The van der Waals surface area contributed by atoms with Crippen LogP contribution in [-0.2, 0) is 23.7 Å². The summed E-state index contributed by atoms with van der Waals surface area (Å²) in [6, 6.07) is 1.49. The molecule has 0 saturated carbocycles. The van der Waals surface area contributed by atoms with Crippen LogP contribution >= 0.6 is 0 Å². The lowest BCUT2D eigenvalue weighted by atomic mass is 10.1. The van der Waals surface area contributed by atoms with Gasteiger partial charge in [0.2, 0.25) is 0 Å². The predicted octanol–water partition coefficient (Wildman–Crippen LogP) is 5.43. The van der Waals surface area contributed by atoms with Gasteiger partial charge in [-0.25, -0.2) is 0 Å². The lowest BCUT2D eigenvalue weighted by Crippen LogP contribution is -2.13.